The van der Waals surface area contributed by atoms with Crippen molar-refractivity contribution in [3.8, 4) is 17.2 Å². The number of nitrogens with one attached hydrogen (secondary N) is 1. The van der Waals surface area contributed by atoms with E-state index in [2.05, 4.69) is 15.3 Å². The molecule has 0 saturated heterocycles. The maximum absolute atomic E-state index is 13.3. The van der Waals surface area contributed by atoms with Crippen LogP contribution in [0.5, 0.6) is 5.75 Å². The van der Waals surface area contributed by atoms with Gasteiger partial charge in [-0.3, -0.25) is 4.79 Å². The van der Waals surface area contributed by atoms with Crippen LogP contribution in [0, 0.1) is 0 Å². The number of hydrogen-bond acceptors (Lipinski definition) is 6. The van der Waals surface area contributed by atoms with Crippen molar-refractivity contribution in [2.45, 2.75) is 32.1 Å². The predicted octanol–water partition coefficient (Wildman–Crippen LogP) is 5.91. The fourth-order valence-electron chi connectivity index (χ4n) is 3.62. The quantitative estimate of drug-likeness (QED) is 0.315. The summed E-state index contributed by atoms with van der Waals surface area (Å²) in [4.78, 5) is 21.2. The Morgan fingerprint density at radius 2 is 1.86 bits per heavy atom. The molecule has 0 aliphatic heterocycles. The number of oxazole rings is 1. The van der Waals surface area contributed by atoms with Crippen molar-refractivity contribution < 1.29 is 27.1 Å². The first kappa shape index (κ1) is 25.5. The Morgan fingerprint density at radius 1 is 1.14 bits per heavy atom. The van der Waals surface area contributed by atoms with Gasteiger partial charge in [0.2, 0.25) is 5.89 Å². The van der Waals surface area contributed by atoms with Gasteiger partial charge >= 0.3 is 6.18 Å². The first-order valence-corrected chi connectivity index (χ1v) is 11.3. The van der Waals surface area contributed by atoms with Crippen LogP contribution >= 0.6 is 11.6 Å². The Hall–Kier alpha value is -3.63. The molecule has 0 aliphatic rings. The molecule has 4 aromatic rings. The number of hydrogen-bond donors (Lipinski definition) is 2. The number of ether oxygens (including phenoxy) is 1. The number of carbonyl (C=O) groups is 1. The number of amides is 1. The lowest BCUT2D eigenvalue weighted by molar-refractivity contribution is -0.140. The van der Waals surface area contributed by atoms with Crippen molar-refractivity contribution in [2.75, 3.05) is 7.11 Å². The highest BCUT2D eigenvalue weighted by Crippen LogP contribution is 2.37. The van der Waals surface area contributed by atoms with E-state index in [0.717, 1.165) is 11.6 Å². The molecule has 0 saturated carbocycles. The second kappa shape index (κ2) is 10.2. The van der Waals surface area contributed by atoms with Crippen LogP contribution in [-0.4, -0.2) is 23.0 Å². The molecule has 3 N–H and O–H groups in total. The summed E-state index contributed by atoms with van der Waals surface area (Å²) in [6.07, 6.45) is -4.17. The normalized spacial score (nSPS) is 12.5. The van der Waals surface area contributed by atoms with E-state index in [9.17, 15) is 18.0 Å². The molecular formula is C25H22ClF3N4O3. The topological polar surface area (TPSA) is 103 Å². The van der Waals surface area contributed by atoms with Crippen LogP contribution in [0.3, 0.4) is 0 Å². The maximum atomic E-state index is 13.3. The van der Waals surface area contributed by atoms with E-state index < -0.39 is 23.8 Å². The van der Waals surface area contributed by atoms with E-state index in [1.54, 1.807) is 30.3 Å². The lowest BCUT2D eigenvalue weighted by Gasteiger charge is -2.11. The smallest absolute Gasteiger partial charge is 0.433 e. The largest absolute Gasteiger partial charge is 0.494 e. The third-order valence-electron chi connectivity index (χ3n) is 5.57. The molecule has 0 unspecified atom stereocenters. The number of benzene rings is 2. The highest BCUT2D eigenvalue weighted by molar-refractivity contribution is 6.30. The van der Waals surface area contributed by atoms with Crippen LogP contribution in [-0.2, 0) is 12.7 Å². The zero-order valence-corrected chi connectivity index (χ0v) is 20.1. The Bertz CT molecular complexity index is 1400. The average molecular weight is 519 g/mol. The van der Waals surface area contributed by atoms with Crippen LogP contribution in [0.1, 0.15) is 46.9 Å². The van der Waals surface area contributed by atoms with E-state index in [1.165, 1.54) is 19.2 Å². The zero-order chi connectivity index (χ0) is 26.0. The van der Waals surface area contributed by atoms with Crippen LogP contribution in [0.25, 0.3) is 22.4 Å². The maximum Gasteiger partial charge on any atom is 0.433 e. The van der Waals surface area contributed by atoms with Crippen molar-refractivity contribution in [1.82, 2.24) is 15.3 Å². The minimum Gasteiger partial charge on any atom is -0.494 e. The second-order valence-electron chi connectivity index (χ2n) is 7.96. The van der Waals surface area contributed by atoms with Gasteiger partial charge < -0.3 is 20.2 Å². The average Bonchev–Trinajstić information content (AvgIpc) is 3.31. The SMILES string of the molecule is CC[C@H](N)c1oc(-c2ccc(OC)c3nc(C(F)(F)F)ccc23)nc1C(=O)NCc1ccc(Cl)cc1. The van der Waals surface area contributed by atoms with Gasteiger partial charge in [0, 0.05) is 22.5 Å². The van der Waals surface area contributed by atoms with Crippen molar-refractivity contribution in [2.24, 2.45) is 5.73 Å². The molecule has 11 heteroatoms. The van der Waals surface area contributed by atoms with Gasteiger partial charge in [0.25, 0.3) is 5.91 Å². The van der Waals surface area contributed by atoms with Crippen LogP contribution in [0.2, 0.25) is 5.02 Å². The van der Waals surface area contributed by atoms with Gasteiger partial charge in [0.1, 0.15) is 17.0 Å². The van der Waals surface area contributed by atoms with Crippen molar-refractivity contribution in [3.05, 3.63) is 76.3 Å². The van der Waals surface area contributed by atoms with Crippen LogP contribution in [0.4, 0.5) is 13.2 Å². The minimum absolute atomic E-state index is 0.00264. The van der Waals surface area contributed by atoms with Crippen LogP contribution < -0.4 is 15.8 Å². The van der Waals surface area contributed by atoms with Gasteiger partial charge in [0.05, 0.1) is 13.2 Å². The third kappa shape index (κ3) is 5.14. The van der Waals surface area contributed by atoms with Gasteiger partial charge in [-0.1, -0.05) is 30.7 Å². The molecule has 4 rings (SSSR count). The van der Waals surface area contributed by atoms with E-state index in [4.69, 9.17) is 26.5 Å². The Kier molecular flexibility index (Phi) is 7.18. The summed E-state index contributed by atoms with van der Waals surface area (Å²) in [5.41, 5.74) is 6.27. The highest BCUT2D eigenvalue weighted by Gasteiger charge is 2.33. The standard InChI is InChI=1S/C25H22ClF3N4O3/c1-3-17(30)22-21(23(34)31-12-13-4-6-14(26)7-5-13)33-24(36-22)16-8-10-18(35-2)20-15(16)9-11-19(32-20)25(27,28)29/h4-11,17H,3,12,30H2,1-2H3,(H,31,34)/t17-/m0/s1. The number of nitrogens with two attached hydrogens (primary N) is 1. The fourth-order valence-corrected chi connectivity index (χ4v) is 3.74. The molecule has 0 bridgehead atoms. The van der Waals surface area contributed by atoms with Gasteiger partial charge in [-0.25, -0.2) is 9.97 Å². The molecule has 36 heavy (non-hydrogen) atoms. The molecule has 0 aliphatic carbocycles. The molecule has 0 radical (unpaired) electrons. The van der Waals surface area contributed by atoms with Crippen molar-refractivity contribution in [3.63, 3.8) is 0 Å². The number of halogens is 4. The molecular weight excluding hydrogens is 497 g/mol. The lowest BCUT2D eigenvalue weighted by atomic mass is 10.1. The first-order chi connectivity index (χ1) is 17.1. The zero-order valence-electron chi connectivity index (χ0n) is 19.3. The number of alkyl halides is 3. The Balaban J connectivity index is 1.75. The highest BCUT2D eigenvalue weighted by atomic mass is 35.5. The minimum atomic E-state index is -4.63. The summed E-state index contributed by atoms with van der Waals surface area (Å²) in [5.74, 6) is -0.156. The van der Waals surface area contributed by atoms with E-state index in [0.29, 0.717) is 22.4 Å². The van der Waals surface area contributed by atoms with E-state index >= 15 is 0 Å². The number of methoxy groups -OCH3 is 1. The Labute approximate surface area is 209 Å². The van der Waals surface area contributed by atoms with Crippen molar-refractivity contribution >= 4 is 28.4 Å². The number of fused-ring (bicyclic) bond motifs is 1. The number of nitrogens with zero attached hydrogens (tertiary/aromatic N) is 2. The molecule has 2 aromatic carbocycles. The Morgan fingerprint density at radius 3 is 2.50 bits per heavy atom. The summed E-state index contributed by atoms with van der Waals surface area (Å²) in [6, 6.07) is 11.5. The fraction of sp³-hybridized carbons (Fsp3) is 0.240. The third-order valence-corrected chi connectivity index (χ3v) is 5.82. The summed E-state index contributed by atoms with van der Waals surface area (Å²) in [6.45, 7) is 2.04. The molecule has 0 spiro atoms. The van der Waals surface area contributed by atoms with Crippen LogP contribution in [0.15, 0.2) is 52.9 Å². The molecule has 1 atom stereocenters. The van der Waals surface area contributed by atoms with Crippen molar-refractivity contribution in [1.29, 1.82) is 0 Å². The monoisotopic (exact) mass is 518 g/mol. The molecule has 0 fully saturated rings. The number of aromatic nitrogens is 2. The molecule has 1 amide bonds. The summed E-state index contributed by atoms with van der Waals surface area (Å²) < 4.78 is 50.9. The predicted molar refractivity (Wildman–Crippen MR) is 129 cm³/mol. The summed E-state index contributed by atoms with van der Waals surface area (Å²) in [5, 5.41) is 3.67. The first-order valence-electron chi connectivity index (χ1n) is 11.0. The van der Waals surface area contributed by atoms with Gasteiger partial charge in [-0.2, -0.15) is 13.2 Å². The van der Waals surface area contributed by atoms with Gasteiger partial charge in [-0.05, 0) is 48.4 Å². The second-order valence-corrected chi connectivity index (χ2v) is 8.40. The number of carbonyl (C=O) groups excluding carboxylic acids is 1. The summed E-state index contributed by atoms with van der Waals surface area (Å²) >= 11 is 5.90. The van der Waals surface area contributed by atoms with Gasteiger partial charge in [0.15, 0.2) is 11.5 Å². The molecule has 2 heterocycles. The van der Waals surface area contributed by atoms with E-state index in [-0.39, 0.29) is 35.2 Å². The number of rotatable bonds is 7. The molecule has 188 valence electrons. The van der Waals surface area contributed by atoms with Gasteiger partial charge in [-0.15, -0.1) is 0 Å². The lowest BCUT2D eigenvalue weighted by Crippen LogP contribution is -2.25. The molecule has 7 nitrogen and oxygen atoms in total. The summed E-state index contributed by atoms with van der Waals surface area (Å²) in [7, 11) is 1.34. The number of pyridine rings is 1. The molecule has 2 aromatic heterocycles. The van der Waals surface area contributed by atoms with E-state index in [1.807, 2.05) is 6.92 Å².